The molecule has 166 valence electrons. The van der Waals surface area contributed by atoms with Crippen molar-refractivity contribution in [3.8, 4) is 5.82 Å². The van der Waals surface area contributed by atoms with Gasteiger partial charge in [0, 0.05) is 0 Å². The van der Waals surface area contributed by atoms with E-state index in [-0.39, 0.29) is 5.41 Å². The molecule has 0 aliphatic carbocycles. The van der Waals surface area contributed by atoms with Crippen molar-refractivity contribution in [3.05, 3.63) is 59.8 Å². The first-order chi connectivity index (χ1) is 14.9. The second-order valence-corrected chi connectivity index (χ2v) is 32.4. The van der Waals surface area contributed by atoms with Gasteiger partial charge < -0.3 is 0 Å². The zero-order valence-electron chi connectivity index (χ0n) is 20.9. The van der Waals surface area contributed by atoms with Crippen LogP contribution in [0.15, 0.2) is 48.7 Å². The number of hydrogen-bond acceptors (Lipinski definition) is 1. The van der Waals surface area contributed by atoms with Gasteiger partial charge in [-0.25, -0.2) is 0 Å². The molecule has 0 radical (unpaired) electrons. The van der Waals surface area contributed by atoms with Gasteiger partial charge >= 0.3 is 199 Å². The summed E-state index contributed by atoms with van der Waals surface area (Å²) in [7, 11) is 0. The Balaban J connectivity index is 1.92. The van der Waals surface area contributed by atoms with E-state index in [9.17, 15) is 0 Å². The first-order valence-corrected chi connectivity index (χ1v) is 25.4. The second-order valence-electron chi connectivity index (χ2n) is 12.2. The molecule has 0 bridgehead atoms. The van der Waals surface area contributed by atoms with Gasteiger partial charge in [0.15, 0.2) is 0 Å². The van der Waals surface area contributed by atoms with Gasteiger partial charge in [-0.15, -0.1) is 0 Å². The number of nitrogens with zero attached hydrogens (tertiary/aromatic N) is 2. The second kappa shape index (κ2) is 7.24. The van der Waals surface area contributed by atoms with Crippen molar-refractivity contribution in [2.75, 3.05) is 0 Å². The molecule has 0 N–H and O–H groups in total. The van der Waals surface area contributed by atoms with Crippen LogP contribution in [0.2, 0.25) is 33.5 Å². The number of aromatic nitrogens is 2. The third-order valence-corrected chi connectivity index (χ3v) is 25.2. The summed E-state index contributed by atoms with van der Waals surface area (Å²) in [6.07, 6.45) is 1.99. The van der Waals surface area contributed by atoms with Crippen LogP contribution in [0.5, 0.6) is 0 Å². The minimum atomic E-state index is -2.01. The van der Waals surface area contributed by atoms with Crippen LogP contribution in [-0.4, -0.2) is 36.1 Å². The Morgan fingerprint density at radius 2 is 1.41 bits per heavy atom. The Bertz CT molecular complexity index is 1370. The van der Waals surface area contributed by atoms with Gasteiger partial charge in [0.1, 0.15) is 0 Å². The summed E-state index contributed by atoms with van der Waals surface area (Å²) < 4.78 is 5.99. The summed E-state index contributed by atoms with van der Waals surface area (Å²) in [6.45, 7) is 9.04. The SMILES string of the molecule is Cc1ccc2c3c[c]4[c](cc3n(-c3cc(C(C)(C)C)ccn3)c2c1)[Ge]([CH3])([CH3])[CH2][CH2][Ge]4([CH3])[CH3]. The van der Waals surface area contributed by atoms with Crippen LogP contribution in [0, 0.1) is 6.92 Å². The van der Waals surface area contributed by atoms with Crippen molar-refractivity contribution >= 4 is 57.1 Å². The molecule has 3 heterocycles. The average Bonchev–Trinajstić information content (AvgIpc) is 3.03. The Morgan fingerprint density at radius 1 is 0.781 bits per heavy atom. The van der Waals surface area contributed by atoms with Crippen molar-refractivity contribution in [1.82, 2.24) is 9.55 Å². The third-order valence-electron chi connectivity index (χ3n) is 7.73. The van der Waals surface area contributed by atoms with Gasteiger partial charge in [-0.3, -0.25) is 0 Å². The molecule has 4 heteroatoms. The van der Waals surface area contributed by atoms with E-state index in [4.69, 9.17) is 4.98 Å². The summed E-state index contributed by atoms with van der Waals surface area (Å²) in [5, 5.41) is 5.77. The Kier molecular flexibility index (Phi) is 5.04. The van der Waals surface area contributed by atoms with Crippen LogP contribution in [0.3, 0.4) is 0 Å². The maximum absolute atomic E-state index is 4.89. The summed E-state index contributed by atoms with van der Waals surface area (Å²) in [5.41, 5.74) is 5.37. The summed E-state index contributed by atoms with van der Waals surface area (Å²) in [5.74, 6) is 11.5. The van der Waals surface area contributed by atoms with Crippen LogP contribution in [0.1, 0.15) is 31.9 Å². The molecule has 2 aromatic carbocycles. The number of rotatable bonds is 1. The van der Waals surface area contributed by atoms with Crippen molar-refractivity contribution in [2.24, 2.45) is 0 Å². The van der Waals surface area contributed by atoms with E-state index in [0.29, 0.717) is 0 Å². The molecule has 32 heavy (non-hydrogen) atoms. The van der Waals surface area contributed by atoms with Crippen LogP contribution in [0.25, 0.3) is 27.6 Å². The van der Waals surface area contributed by atoms with E-state index in [0.717, 1.165) is 5.82 Å². The fourth-order valence-corrected chi connectivity index (χ4v) is 35.8. The van der Waals surface area contributed by atoms with Crippen LogP contribution >= 0.6 is 0 Å². The van der Waals surface area contributed by atoms with E-state index in [1.54, 1.807) is 8.79 Å². The molecule has 0 saturated carbocycles. The first kappa shape index (κ1) is 22.3. The molecular weight excluding hydrogens is 510 g/mol. The number of aryl methyl sites for hydroxylation is 1. The zero-order chi connectivity index (χ0) is 23.1. The Morgan fingerprint density at radius 3 is 2.06 bits per heavy atom. The zero-order valence-corrected chi connectivity index (χ0v) is 25.1. The monoisotopic (exact) mass is 548 g/mol. The molecular formula is C28H36Ge2N2. The maximum atomic E-state index is 4.89. The molecule has 0 unspecified atom stereocenters. The molecule has 1 aliphatic rings. The fraction of sp³-hybridized carbons (Fsp3) is 0.393. The number of pyridine rings is 1. The quantitative estimate of drug-likeness (QED) is 0.246. The van der Waals surface area contributed by atoms with E-state index in [1.807, 2.05) is 6.20 Å². The predicted molar refractivity (Wildman–Crippen MR) is 146 cm³/mol. The topological polar surface area (TPSA) is 17.8 Å². The van der Waals surface area contributed by atoms with Gasteiger partial charge in [-0.2, -0.15) is 0 Å². The molecule has 2 aromatic heterocycles. The van der Waals surface area contributed by atoms with Crippen molar-refractivity contribution in [3.63, 3.8) is 0 Å². The Labute approximate surface area is 198 Å². The van der Waals surface area contributed by atoms with Gasteiger partial charge in [-0.1, -0.05) is 0 Å². The van der Waals surface area contributed by atoms with Crippen LogP contribution in [0.4, 0.5) is 0 Å². The van der Waals surface area contributed by atoms with Crippen LogP contribution < -0.4 is 8.79 Å². The predicted octanol–water partition coefficient (Wildman–Crippen LogP) is 6.63. The van der Waals surface area contributed by atoms with Crippen molar-refractivity contribution in [1.29, 1.82) is 0 Å². The summed E-state index contributed by atoms with van der Waals surface area (Å²) >= 11 is -3.98. The standard InChI is InChI=1S/C28H36Ge2N2/c1-19-9-10-21-22-17-23-24(30(7,8)13-12-29(23,5)6)18-26(22)32(25(21)15-19)27-16-20(11-14-31-27)28(2,3)4/h9-11,14-18H,12-13H2,1-8H3. The van der Waals surface area contributed by atoms with E-state index < -0.39 is 26.5 Å². The van der Waals surface area contributed by atoms with Gasteiger partial charge in [0.05, 0.1) is 0 Å². The average molecular weight is 546 g/mol. The molecule has 5 rings (SSSR count). The van der Waals surface area contributed by atoms with E-state index in [2.05, 4.69) is 97.8 Å². The molecule has 1 aliphatic heterocycles. The molecule has 0 saturated heterocycles. The molecule has 0 spiro atoms. The number of benzene rings is 2. The van der Waals surface area contributed by atoms with Crippen LogP contribution in [-0.2, 0) is 5.41 Å². The first-order valence-electron chi connectivity index (χ1n) is 12.0. The van der Waals surface area contributed by atoms with Gasteiger partial charge in [0.25, 0.3) is 0 Å². The minimum absolute atomic E-state index is 0.0977. The van der Waals surface area contributed by atoms with Crippen molar-refractivity contribution < 1.29 is 0 Å². The summed E-state index contributed by atoms with van der Waals surface area (Å²) in [6, 6.07) is 16.6. The fourth-order valence-electron chi connectivity index (χ4n) is 5.44. The van der Waals surface area contributed by atoms with Gasteiger partial charge in [-0.05, 0) is 0 Å². The van der Waals surface area contributed by atoms with Crippen molar-refractivity contribution in [2.45, 2.75) is 66.6 Å². The molecule has 2 nitrogen and oxygen atoms in total. The van der Waals surface area contributed by atoms with E-state index >= 15 is 0 Å². The number of hydrogen-bond donors (Lipinski definition) is 0. The summed E-state index contributed by atoms with van der Waals surface area (Å²) in [4.78, 5) is 4.89. The normalized spacial score (nSPS) is 17.6. The van der Waals surface area contributed by atoms with Gasteiger partial charge in [0.2, 0.25) is 0 Å². The number of fused-ring (bicyclic) bond motifs is 4. The third kappa shape index (κ3) is 3.49. The molecule has 4 aromatic rings. The Hall–Kier alpha value is -1.52. The molecule has 0 amide bonds. The molecule has 0 fully saturated rings. The molecule has 0 atom stereocenters. The van der Waals surface area contributed by atoms with E-state index in [1.165, 1.54) is 43.4 Å².